The molecule has 0 atom stereocenters. The van der Waals surface area contributed by atoms with Crippen LogP contribution in [0, 0.1) is 6.92 Å². The summed E-state index contributed by atoms with van der Waals surface area (Å²) in [6.45, 7) is 5.17. The summed E-state index contributed by atoms with van der Waals surface area (Å²) >= 11 is 1.60. The highest BCUT2D eigenvalue weighted by atomic mass is 32.2. The van der Waals surface area contributed by atoms with Crippen molar-refractivity contribution in [2.24, 2.45) is 5.73 Å². The molecule has 0 fully saturated rings. The Morgan fingerprint density at radius 2 is 2.14 bits per heavy atom. The van der Waals surface area contributed by atoms with Gasteiger partial charge in [-0.3, -0.25) is 0 Å². The lowest BCUT2D eigenvalue weighted by Gasteiger charge is -2.04. The number of hydrogen-bond donors (Lipinski definition) is 2. The van der Waals surface area contributed by atoms with E-state index in [0.717, 1.165) is 16.7 Å². The van der Waals surface area contributed by atoms with E-state index in [2.05, 4.69) is 27.2 Å². The van der Waals surface area contributed by atoms with Crippen LogP contribution >= 0.6 is 11.8 Å². The number of aromatic nitrogens is 3. The average molecular weight is 213 g/mol. The van der Waals surface area contributed by atoms with Gasteiger partial charge in [0.15, 0.2) is 5.16 Å². The van der Waals surface area contributed by atoms with Gasteiger partial charge in [-0.1, -0.05) is 18.7 Å². The van der Waals surface area contributed by atoms with Gasteiger partial charge in [-0.15, -0.1) is 0 Å². The van der Waals surface area contributed by atoms with Gasteiger partial charge >= 0.3 is 0 Å². The van der Waals surface area contributed by atoms with Crippen LogP contribution in [-0.4, -0.2) is 33.8 Å². The maximum absolute atomic E-state index is 5.37. The largest absolute Gasteiger partial charge is 0.353 e. The number of hydrogen-bond acceptors (Lipinski definition) is 6. The highest BCUT2D eigenvalue weighted by Crippen LogP contribution is 2.13. The highest BCUT2D eigenvalue weighted by molar-refractivity contribution is 7.99. The normalized spacial score (nSPS) is 10.2. The summed E-state index contributed by atoms with van der Waals surface area (Å²) in [5, 5.41) is 3.80. The van der Waals surface area contributed by atoms with E-state index in [1.165, 1.54) is 0 Å². The van der Waals surface area contributed by atoms with Crippen LogP contribution < -0.4 is 11.1 Å². The third-order valence-corrected chi connectivity index (χ3v) is 2.16. The Balaban J connectivity index is 2.73. The van der Waals surface area contributed by atoms with Crippen LogP contribution in [0.4, 0.5) is 5.95 Å². The predicted molar refractivity (Wildman–Crippen MR) is 58.5 cm³/mol. The minimum atomic E-state index is 0.570. The van der Waals surface area contributed by atoms with Gasteiger partial charge in [0.1, 0.15) is 5.82 Å². The zero-order valence-corrected chi connectivity index (χ0v) is 9.27. The Labute approximate surface area is 87.9 Å². The van der Waals surface area contributed by atoms with Gasteiger partial charge in [0, 0.05) is 13.1 Å². The fourth-order valence-corrected chi connectivity index (χ4v) is 1.52. The Kier molecular flexibility index (Phi) is 4.61. The second kappa shape index (κ2) is 5.77. The topological polar surface area (TPSA) is 76.7 Å². The van der Waals surface area contributed by atoms with Gasteiger partial charge in [-0.2, -0.15) is 9.97 Å². The Hall–Kier alpha value is -0.880. The van der Waals surface area contributed by atoms with E-state index in [1.54, 1.807) is 11.8 Å². The second-order valence-electron chi connectivity index (χ2n) is 2.64. The summed E-state index contributed by atoms with van der Waals surface area (Å²) in [6, 6.07) is 0. The van der Waals surface area contributed by atoms with E-state index >= 15 is 0 Å². The van der Waals surface area contributed by atoms with Gasteiger partial charge in [-0.25, -0.2) is 4.98 Å². The molecule has 1 heterocycles. The molecule has 78 valence electrons. The molecule has 1 rings (SSSR count). The number of rotatable bonds is 5. The van der Waals surface area contributed by atoms with E-state index in [1.807, 2.05) is 6.92 Å². The van der Waals surface area contributed by atoms with Crippen LogP contribution in [0.2, 0.25) is 0 Å². The fraction of sp³-hybridized carbons (Fsp3) is 0.625. The highest BCUT2D eigenvalue weighted by Gasteiger charge is 2.02. The van der Waals surface area contributed by atoms with Gasteiger partial charge < -0.3 is 11.1 Å². The number of nitrogens with zero attached hydrogens (tertiary/aromatic N) is 3. The maximum atomic E-state index is 5.37. The van der Waals surface area contributed by atoms with Crippen molar-refractivity contribution in [1.82, 2.24) is 15.0 Å². The third kappa shape index (κ3) is 3.47. The van der Waals surface area contributed by atoms with Gasteiger partial charge in [0.05, 0.1) is 0 Å². The minimum absolute atomic E-state index is 0.570. The summed E-state index contributed by atoms with van der Waals surface area (Å²) in [6.07, 6.45) is 0. The Morgan fingerprint density at radius 3 is 2.79 bits per heavy atom. The summed E-state index contributed by atoms with van der Waals surface area (Å²) in [7, 11) is 0. The van der Waals surface area contributed by atoms with E-state index in [4.69, 9.17) is 5.73 Å². The molecule has 0 aliphatic heterocycles. The van der Waals surface area contributed by atoms with Crippen molar-refractivity contribution >= 4 is 17.7 Å². The van der Waals surface area contributed by atoms with Crippen LogP contribution in [0.25, 0.3) is 0 Å². The van der Waals surface area contributed by atoms with E-state index in [9.17, 15) is 0 Å². The Bertz CT molecular complexity index is 291. The van der Waals surface area contributed by atoms with Gasteiger partial charge in [-0.05, 0) is 12.7 Å². The molecule has 0 spiro atoms. The molecule has 6 heteroatoms. The standard InChI is InChI=1S/C8H15N5S/c1-3-14-8-12-6(2)11-7(13-8)10-5-4-9/h3-5,9H2,1-2H3,(H,10,11,12,13). The summed E-state index contributed by atoms with van der Waals surface area (Å²) in [4.78, 5) is 12.6. The lowest BCUT2D eigenvalue weighted by Crippen LogP contribution is -2.15. The SMILES string of the molecule is CCSc1nc(C)nc(NCCN)n1. The van der Waals surface area contributed by atoms with Crippen LogP contribution in [0.15, 0.2) is 5.16 Å². The summed E-state index contributed by atoms with van der Waals surface area (Å²) in [5.41, 5.74) is 5.37. The molecule has 0 bridgehead atoms. The smallest absolute Gasteiger partial charge is 0.226 e. The number of nitrogens with two attached hydrogens (primary N) is 1. The zero-order valence-electron chi connectivity index (χ0n) is 8.45. The van der Waals surface area contributed by atoms with E-state index in [-0.39, 0.29) is 0 Å². The van der Waals surface area contributed by atoms with Crippen molar-refractivity contribution in [2.75, 3.05) is 24.2 Å². The molecular weight excluding hydrogens is 198 g/mol. The maximum Gasteiger partial charge on any atom is 0.226 e. The van der Waals surface area contributed by atoms with E-state index < -0.39 is 0 Å². The molecule has 0 radical (unpaired) electrons. The lowest BCUT2D eigenvalue weighted by molar-refractivity contribution is 0.850. The molecule has 5 nitrogen and oxygen atoms in total. The molecule has 0 unspecified atom stereocenters. The van der Waals surface area contributed by atoms with Crippen molar-refractivity contribution in [3.05, 3.63) is 5.82 Å². The third-order valence-electron chi connectivity index (χ3n) is 1.43. The first-order valence-electron chi connectivity index (χ1n) is 4.55. The predicted octanol–water partition coefficient (Wildman–Crippen LogP) is 0.663. The molecule has 0 saturated heterocycles. The first kappa shape index (κ1) is 11.2. The molecular formula is C8H15N5S. The molecule has 0 aliphatic carbocycles. The van der Waals surface area contributed by atoms with Gasteiger partial charge in [0.25, 0.3) is 0 Å². The van der Waals surface area contributed by atoms with E-state index in [0.29, 0.717) is 19.0 Å². The number of aryl methyl sites for hydroxylation is 1. The molecule has 0 aliphatic rings. The molecule has 0 amide bonds. The molecule has 1 aromatic heterocycles. The van der Waals surface area contributed by atoms with Crippen LogP contribution in [0.5, 0.6) is 0 Å². The van der Waals surface area contributed by atoms with Gasteiger partial charge in [0.2, 0.25) is 5.95 Å². The zero-order chi connectivity index (χ0) is 10.4. The minimum Gasteiger partial charge on any atom is -0.353 e. The molecule has 3 N–H and O–H groups in total. The number of anilines is 1. The summed E-state index contributed by atoms with van der Waals surface area (Å²) in [5.74, 6) is 2.30. The average Bonchev–Trinajstić information content (AvgIpc) is 2.14. The number of thioether (sulfide) groups is 1. The quantitative estimate of drug-likeness (QED) is 0.700. The van der Waals surface area contributed by atoms with Crippen LogP contribution in [-0.2, 0) is 0 Å². The lowest BCUT2D eigenvalue weighted by atomic mass is 10.6. The van der Waals surface area contributed by atoms with Crippen molar-refractivity contribution in [2.45, 2.75) is 19.0 Å². The van der Waals surface area contributed by atoms with Crippen molar-refractivity contribution in [1.29, 1.82) is 0 Å². The molecule has 14 heavy (non-hydrogen) atoms. The molecule has 1 aromatic rings. The Morgan fingerprint density at radius 1 is 1.36 bits per heavy atom. The fourth-order valence-electron chi connectivity index (χ4n) is 0.914. The van der Waals surface area contributed by atoms with Crippen LogP contribution in [0.3, 0.4) is 0 Å². The molecule has 0 saturated carbocycles. The number of nitrogens with one attached hydrogen (secondary N) is 1. The van der Waals surface area contributed by atoms with Crippen LogP contribution in [0.1, 0.15) is 12.7 Å². The first-order chi connectivity index (χ1) is 6.76. The van der Waals surface area contributed by atoms with Crippen molar-refractivity contribution in [3.63, 3.8) is 0 Å². The van der Waals surface area contributed by atoms with Crippen molar-refractivity contribution in [3.8, 4) is 0 Å². The molecule has 0 aromatic carbocycles. The monoisotopic (exact) mass is 213 g/mol. The first-order valence-corrected chi connectivity index (χ1v) is 5.54. The second-order valence-corrected chi connectivity index (χ2v) is 3.87. The summed E-state index contributed by atoms with van der Waals surface area (Å²) < 4.78 is 0. The van der Waals surface area contributed by atoms with Crippen molar-refractivity contribution < 1.29 is 0 Å².